The number of fused-ring (bicyclic) bond motifs is 1. The lowest BCUT2D eigenvalue weighted by Gasteiger charge is -2.46. The number of anilines is 1. The zero-order valence-electron chi connectivity index (χ0n) is 40.6. The molecule has 0 saturated carbocycles. The number of aromatic nitrogens is 1. The molecule has 3 aromatic rings. The number of hydrogen-bond acceptors (Lipinski definition) is 9. The van der Waals surface area contributed by atoms with Gasteiger partial charge < -0.3 is 19.3 Å². The minimum absolute atomic E-state index is 0.0844. The van der Waals surface area contributed by atoms with Gasteiger partial charge in [0.2, 0.25) is 9.84 Å². The number of unbranched alkanes of at least 4 members (excludes halogenated alkanes) is 19. The van der Waals surface area contributed by atoms with Gasteiger partial charge in [-0.05, 0) is 100 Å². The van der Waals surface area contributed by atoms with E-state index >= 15 is 0 Å². The number of likely N-dealkylation sites (tertiary alicyclic amines) is 1. The molecule has 0 bridgehead atoms. The number of nitrogens with zero attached hydrogens (tertiary/aromatic N) is 5. The van der Waals surface area contributed by atoms with Crippen LogP contribution in [0.25, 0.3) is 10.9 Å². The van der Waals surface area contributed by atoms with Gasteiger partial charge in [-0.2, -0.15) is 0 Å². The highest BCUT2D eigenvalue weighted by Crippen LogP contribution is 2.35. The molecule has 2 aromatic carbocycles. The summed E-state index contributed by atoms with van der Waals surface area (Å²) in [7, 11) is -2.20. The topological polar surface area (TPSA) is 78.5 Å². The van der Waals surface area contributed by atoms with E-state index in [2.05, 4.69) is 33.4 Å². The lowest BCUT2D eigenvalue weighted by Crippen LogP contribution is -2.56. The van der Waals surface area contributed by atoms with Gasteiger partial charge in [0.1, 0.15) is 11.5 Å². The van der Waals surface area contributed by atoms with E-state index in [-0.39, 0.29) is 9.92 Å². The number of benzene rings is 2. The average molecular weight is 902 g/mol. The van der Waals surface area contributed by atoms with Gasteiger partial charge in [-0.25, -0.2) is 13.4 Å². The van der Waals surface area contributed by atoms with Crippen molar-refractivity contribution in [3.8, 4) is 11.5 Å². The van der Waals surface area contributed by atoms with Crippen molar-refractivity contribution in [1.82, 2.24) is 19.7 Å². The third-order valence-electron chi connectivity index (χ3n) is 14.8. The molecule has 0 amide bonds. The molecule has 0 radical (unpaired) electrons. The maximum absolute atomic E-state index is 14.2. The molecule has 0 N–H and O–H groups in total. The molecule has 3 aliphatic rings. The van der Waals surface area contributed by atoms with Crippen molar-refractivity contribution in [2.75, 3.05) is 77.5 Å². The molecule has 3 saturated heterocycles. The SMILES string of the molecule is CCCCCCCCCCCCCCCCCCCCCCOc1ccc(S(=O)(=O)c2cc(N3CCC(N4CCN(C5CCN(CC)CC5)CC4)CC3)c3cc(OC)ccc3n2)cc1. The predicted molar refractivity (Wildman–Crippen MR) is 267 cm³/mol. The first-order valence-electron chi connectivity index (χ1n) is 26.3. The second-order valence-corrected chi connectivity index (χ2v) is 21.3. The monoisotopic (exact) mass is 902 g/mol. The molecule has 0 aliphatic carbocycles. The first kappa shape index (κ1) is 50.5. The molecule has 9 nitrogen and oxygen atoms in total. The summed E-state index contributed by atoms with van der Waals surface area (Å²) in [6.45, 7) is 15.2. The van der Waals surface area contributed by atoms with Crippen molar-refractivity contribution in [3.05, 3.63) is 48.5 Å². The molecule has 0 unspecified atom stereocenters. The normalized spacial score (nSPS) is 17.7. The van der Waals surface area contributed by atoms with Gasteiger partial charge in [0.05, 0.1) is 24.1 Å². The van der Waals surface area contributed by atoms with Crippen LogP contribution in [0.15, 0.2) is 58.5 Å². The summed E-state index contributed by atoms with van der Waals surface area (Å²) in [5, 5.41) is 1.01. The smallest absolute Gasteiger partial charge is 0.223 e. The highest BCUT2D eigenvalue weighted by molar-refractivity contribution is 7.91. The number of piperidine rings is 2. The Morgan fingerprint density at radius 2 is 1.03 bits per heavy atom. The van der Waals surface area contributed by atoms with E-state index in [1.165, 1.54) is 168 Å². The van der Waals surface area contributed by atoms with E-state index in [1.54, 1.807) is 37.4 Å². The Bertz CT molecular complexity index is 1850. The summed E-state index contributed by atoms with van der Waals surface area (Å²) in [6, 6.07) is 15.7. The van der Waals surface area contributed by atoms with Gasteiger partial charge in [-0.15, -0.1) is 0 Å². The quantitative estimate of drug-likeness (QED) is 0.0633. The Morgan fingerprint density at radius 1 is 0.562 bits per heavy atom. The van der Waals surface area contributed by atoms with Gasteiger partial charge in [0.15, 0.2) is 5.03 Å². The van der Waals surface area contributed by atoms with Crippen LogP contribution in [0.1, 0.15) is 168 Å². The van der Waals surface area contributed by atoms with E-state index in [0.717, 1.165) is 68.3 Å². The van der Waals surface area contributed by atoms with E-state index in [0.29, 0.717) is 23.9 Å². The second-order valence-electron chi connectivity index (χ2n) is 19.4. The summed E-state index contributed by atoms with van der Waals surface area (Å²) >= 11 is 0. The van der Waals surface area contributed by atoms with Crippen LogP contribution >= 0.6 is 0 Å². The Hall–Kier alpha value is -2.92. The number of rotatable bonds is 29. The molecule has 0 spiro atoms. The van der Waals surface area contributed by atoms with Gasteiger partial charge in [0.25, 0.3) is 0 Å². The summed E-state index contributed by atoms with van der Waals surface area (Å²) in [6.07, 6.45) is 32.1. The lowest BCUT2D eigenvalue weighted by atomic mass is 9.99. The lowest BCUT2D eigenvalue weighted by molar-refractivity contribution is 0.0384. The van der Waals surface area contributed by atoms with E-state index in [4.69, 9.17) is 14.5 Å². The minimum Gasteiger partial charge on any atom is -0.497 e. The van der Waals surface area contributed by atoms with Crippen LogP contribution in [0.5, 0.6) is 11.5 Å². The van der Waals surface area contributed by atoms with Crippen molar-refractivity contribution < 1.29 is 17.9 Å². The fraction of sp³-hybridized carbons (Fsp3) is 0.722. The average Bonchev–Trinajstić information content (AvgIpc) is 3.34. The van der Waals surface area contributed by atoms with Gasteiger partial charge in [-0.3, -0.25) is 9.80 Å². The molecule has 0 atom stereocenters. The predicted octanol–water partition coefficient (Wildman–Crippen LogP) is 12.3. The second kappa shape index (κ2) is 27.7. The van der Waals surface area contributed by atoms with Crippen LogP contribution in [0.2, 0.25) is 0 Å². The standard InChI is InChI=1S/C54H87N5O4S/c1-4-6-7-8-9-10-11-12-13-14-15-16-17-18-19-20-21-22-23-24-43-63-48-25-28-50(29-26-48)64(60,61)54-45-53(51-44-49(62-3)27-30-52(51)55-54)59-37-33-47(34-38-59)58-41-39-57(40-42-58)46-31-35-56(5-2)36-32-46/h25-30,44-47H,4-24,31-43H2,1-3H3. The van der Waals surface area contributed by atoms with Crippen LogP contribution < -0.4 is 14.4 Å². The highest BCUT2D eigenvalue weighted by atomic mass is 32.2. The first-order valence-corrected chi connectivity index (χ1v) is 27.8. The van der Waals surface area contributed by atoms with Crippen LogP contribution in [-0.2, 0) is 9.84 Å². The van der Waals surface area contributed by atoms with Crippen LogP contribution in [0.4, 0.5) is 5.69 Å². The van der Waals surface area contributed by atoms with Crippen molar-refractivity contribution in [3.63, 3.8) is 0 Å². The zero-order valence-corrected chi connectivity index (χ0v) is 41.4. The van der Waals surface area contributed by atoms with E-state index in [9.17, 15) is 8.42 Å². The maximum atomic E-state index is 14.2. The number of piperazine rings is 1. The summed E-state index contributed by atoms with van der Waals surface area (Å²) in [5.41, 5.74) is 1.58. The van der Waals surface area contributed by atoms with E-state index in [1.807, 2.05) is 18.2 Å². The van der Waals surface area contributed by atoms with Crippen LogP contribution in [0.3, 0.4) is 0 Å². The molecule has 4 heterocycles. The largest absolute Gasteiger partial charge is 0.497 e. The Morgan fingerprint density at radius 3 is 1.52 bits per heavy atom. The molecule has 1 aromatic heterocycles. The molecule has 10 heteroatoms. The van der Waals surface area contributed by atoms with Crippen molar-refractivity contribution >= 4 is 26.4 Å². The zero-order chi connectivity index (χ0) is 44.8. The Balaban J connectivity index is 0.887. The van der Waals surface area contributed by atoms with Crippen molar-refractivity contribution in [2.24, 2.45) is 0 Å². The number of methoxy groups -OCH3 is 1. The molecular weight excluding hydrogens is 815 g/mol. The minimum atomic E-state index is -3.87. The van der Waals surface area contributed by atoms with Gasteiger partial charge in [0, 0.05) is 62.4 Å². The van der Waals surface area contributed by atoms with Crippen LogP contribution in [-0.4, -0.2) is 113 Å². The van der Waals surface area contributed by atoms with Gasteiger partial charge >= 0.3 is 0 Å². The fourth-order valence-electron chi connectivity index (χ4n) is 10.6. The Kier molecular flexibility index (Phi) is 21.8. The fourth-order valence-corrected chi connectivity index (χ4v) is 11.8. The summed E-state index contributed by atoms with van der Waals surface area (Å²) in [4.78, 5) is 15.4. The summed E-state index contributed by atoms with van der Waals surface area (Å²) < 4.78 is 40.0. The van der Waals surface area contributed by atoms with E-state index < -0.39 is 9.84 Å². The maximum Gasteiger partial charge on any atom is 0.223 e. The number of ether oxygens (including phenoxy) is 2. The Labute approximate surface area is 389 Å². The molecule has 6 rings (SSSR count). The molecule has 64 heavy (non-hydrogen) atoms. The number of hydrogen-bond donors (Lipinski definition) is 0. The van der Waals surface area contributed by atoms with Gasteiger partial charge in [-0.1, -0.05) is 136 Å². The molecule has 3 fully saturated rings. The highest BCUT2D eigenvalue weighted by Gasteiger charge is 2.32. The van der Waals surface area contributed by atoms with Crippen LogP contribution in [0, 0.1) is 0 Å². The number of pyridine rings is 1. The molecular formula is C54H87N5O4S. The third kappa shape index (κ3) is 15.6. The van der Waals surface area contributed by atoms with Crippen molar-refractivity contribution in [2.45, 2.75) is 190 Å². The van der Waals surface area contributed by atoms with Crippen molar-refractivity contribution in [1.29, 1.82) is 0 Å². The third-order valence-corrected chi connectivity index (χ3v) is 16.5. The number of sulfone groups is 1. The first-order chi connectivity index (χ1) is 31.4. The molecule has 358 valence electrons. The summed E-state index contributed by atoms with van der Waals surface area (Å²) in [5.74, 6) is 1.45. The molecule has 3 aliphatic heterocycles.